The van der Waals surface area contributed by atoms with Gasteiger partial charge in [0.2, 0.25) is 0 Å². The van der Waals surface area contributed by atoms with Crippen molar-refractivity contribution >= 4 is 11.8 Å². The van der Waals surface area contributed by atoms with Crippen molar-refractivity contribution < 1.29 is 9.84 Å². The number of ether oxygens (including phenoxy) is 1. The number of aryl methyl sites for hydroxylation is 1. The average Bonchev–Trinajstić information content (AvgIpc) is 3.11. The van der Waals surface area contributed by atoms with Gasteiger partial charge in [0, 0.05) is 23.6 Å². The largest absolute Gasteiger partial charge is 0.390 e. The van der Waals surface area contributed by atoms with Crippen LogP contribution in [0.15, 0.2) is 59.8 Å². The van der Waals surface area contributed by atoms with Gasteiger partial charge in [-0.25, -0.2) is 0 Å². The van der Waals surface area contributed by atoms with E-state index >= 15 is 0 Å². The molecule has 0 spiro atoms. The number of nitrogens with zero attached hydrogens (tertiary/aromatic N) is 3. The Morgan fingerprint density at radius 1 is 1.00 bits per heavy atom. The Kier molecular flexibility index (Phi) is 7.25. The van der Waals surface area contributed by atoms with Gasteiger partial charge in [0.15, 0.2) is 11.0 Å². The van der Waals surface area contributed by atoms with E-state index in [1.54, 1.807) is 0 Å². The van der Waals surface area contributed by atoms with E-state index in [9.17, 15) is 5.11 Å². The molecule has 148 valence electrons. The van der Waals surface area contributed by atoms with E-state index in [-0.39, 0.29) is 0 Å². The molecule has 0 saturated heterocycles. The Bertz CT molecular complexity index is 863. The summed E-state index contributed by atoms with van der Waals surface area (Å²) < 4.78 is 7.58. The van der Waals surface area contributed by atoms with Gasteiger partial charge in [-0.05, 0) is 25.0 Å². The maximum absolute atomic E-state index is 10.2. The third-order valence-corrected chi connectivity index (χ3v) is 5.20. The summed E-state index contributed by atoms with van der Waals surface area (Å²) in [7, 11) is 0. The Hall–Kier alpha value is -2.15. The smallest absolute Gasteiger partial charge is 0.196 e. The van der Waals surface area contributed by atoms with Gasteiger partial charge in [-0.3, -0.25) is 4.57 Å². The van der Waals surface area contributed by atoms with Crippen LogP contribution in [0.3, 0.4) is 0 Å². The zero-order valence-corrected chi connectivity index (χ0v) is 17.4. The Morgan fingerprint density at radius 3 is 2.39 bits per heavy atom. The SMILES string of the molecule is Cc1ccc(-n2c(SCC(O)COCC(C)C)nnc2-c2ccccc2)cc1. The number of benzene rings is 2. The maximum Gasteiger partial charge on any atom is 0.196 e. The lowest BCUT2D eigenvalue weighted by Crippen LogP contribution is -2.20. The van der Waals surface area contributed by atoms with Crippen LogP contribution in [0.4, 0.5) is 0 Å². The lowest BCUT2D eigenvalue weighted by Gasteiger charge is -2.14. The molecule has 0 aliphatic rings. The molecule has 1 N–H and O–H groups in total. The fourth-order valence-electron chi connectivity index (χ4n) is 2.72. The van der Waals surface area contributed by atoms with Crippen molar-refractivity contribution in [3.8, 4) is 17.1 Å². The molecule has 3 rings (SSSR count). The zero-order valence-electron chi connectivity index (χ0n) is 16.6. The van der Waals surface area contributed by atoms with Gasteiger partial charge in [0.05, 0.1) is 12.7 Å². The minimum Gasteiger partial charge on any atom is -0.390 e. The Morgan fingerprint density at radius 2 is 1.71 bits per heavy atom. The molecule has 0 aliphatic carbocycles. The van der Waals surface area contributed by atoms with Crippen LogP contribution in [0.5, 0.6) is 0 Å². The minimum atomic E-state index is -0.549. The normalized spacial score (nSPS) is 12.5. The fourth-order valence-corrected chi connectivity index (χ4v) is 3.58. The highest BCUT2D eigenvalue weighted by Crippen LogP contribution is 2.28. The van der Waals surface area contributed by atoms with Crippen LogP contribution in [0.1, 0.15) is 19.4 Å². The van der Waals surface area contributed by atoms with Gasteiger partial charge in [0.25, 0.3) is 0 Å². The molecule has 0 aliphatic heterocycles. The highest BCUT2D eigenvalue weighted by atomic mass is 32.2. The van der Waals surface area contributed by atoms with Gasteiger partial charge in [0.1, 0.15) is 0 Å². The quantitative estimate of drug-likeness (QED) is 0.543. The van der Waals surface area contributed by atoms with E-state index in [2.05, 4.69) is 55.2 Å². The molecule has 0 radical (unpaired) electrons. The van der Waals surface area contributed by atoms with Crippen molar-refractivity contribution in [2.24, 2.45) is 5.92 Å². The van der Waals surface area contributed by atoms with Crippen LogP contribution in [0.25, 0.3) is 17.1 Å². The lowest BCUT2D eigenvalue weighted by atomic mass is 10.2. The number of rotatable bonds is 9. The predicted molar refractivity (Wildman–Crippen MR) is 114 cm³/mol. The summed E-state index contributed by atoms with van der Waals surface area (Å²) in [5, 5.41) is 19.8. The van der Waals surface area contributed by atoms with Crippen LogP contribution in [-0.2, 0) is 4.74 Å². The van der Waals surface area contributed by atoms with Crippen molar-refractivity contribution in [1.29, 1.82) is 0 Å². The van der Waals surface area contributed by atoms with Gasteiger partial charge in [-0.2, -0.15) is 0 Å². The highest BCUT2D eigenvalue weighted by molar-refractivity contribution is 7.99. The molecule has 1 atom stereocenters. The molecule has 28 heavy (non-hydrogen) atoms. The number of aromatic nitrogens is 3. The summed E-state index contributed by atoms with van der Waals surface area (Å²) in [6.07, 6.45) is -0.549. The molecule has 1 unspecified atom stereocenters. The predicted octanol–water partition coefficient (Wildman–Crippen LogP) is 4.37. The molecule has 3 aromatic rings. The number of aliphatic hydroxyl groups is 1. The third kappa shape index (κ3) is 5.44. The van der Waals surface area contributed by atoms with Crippen LogP contribution in [0, 0.1) is 12.8 Å². The van der Waals surface area contributed by atoms with E-state index in [0.29, 0.717) is 24.9 Å². The molecular weight excluding hydrogens is 370 g/mol. The van der Waals surface area contributed by atoms with Crippen LogP contribution < -0.4 is 0 Å². The minimum absolute atomic E-state index is 0.329. The molecule has 0 saturated carbocycles. The molecule has 5 nitrogen and oxygen atoms in total. The number of aliphatic hydroxyl groups excluding tert-OH is 1. The third-order valence-electron chi connectivity index (χ3n) is 4.12. The first kappa shape index (κ1) is 20.6. The van der Waals surface area contributed by atoms with E-state index < -0.39 is 6.10 Å². The van der Waals surface area contributed by atoms with Gasteiger partial charge in [-0.15, -0.1) is 10.2 Å². The Labute approximate surface area is 170 Å². The van der Waals surface area contributed by atoms with Crippen molar-refractivity contribution in [2.75, 3.05) is 19.0 Å². The highest BCUT2D eigenvalue weighted by Gasteiger charge is 2.17. The van der Waals surface area contributed by atoms with Crippen molar-refractivity contribution in [3.05, 3.63) is 60.2 Å². The van der Waals surface area contributed by atoms with Crippen LogP contribution in [-0.4, -0.2) is 44.9 Å². The molecular formula is C22H27N3O2S. The van der Waals surface area contributed by atoms with Crippen LogP contribution in [0.2, 0.25) is 0 Å². The monoisotopic (exact) mass is 397 g/mol. The first-order chi connectivity index (χ1) is 13.5. The summed E-state index contributed by atoms with van der Waals surface area (Å²) >= 11 is 1.49. The van der Waals surface area contributed by atoms with Crippen molar-refractivity contribution in [1.82, 2.24) is 14.8 Å². The summed E-state index contributed by atoms with van der Waals surface area (Å²) in [4.78, 5) is 0. The lowest BCUT2D eigenvalue weighted by molar-refractivity contribution is 0.0364. The topological polar surface area (TPSA) is 60.2 Å². The molecule has 0 amide bonds. The summed E-state index contributed by atoms with van der Waals surface area (Å²) in [5.74, 6) is 1.74. The first-order valence-electron chi connectivity index (χ1n) is 9.51. The summed E-state index contributed by atoms with van der Waals surface area (Å²) in [6, 6.07) is 18.3. The van der Waals surface area contributed by atoms with E-state index in [1.807, 2.05) is 34.9 Å². The van der Waals surface area contributed by atoms with Gasteiger partial charge < -0.3 is 9.84 Å². The van der Waals surface area contributed by atoms with E-state index in [4.69, 9.17) is 4.74 Å². The number of hydrogen-bond donors (Lipinski definition) is 1. The van der Waals surface area contributed by atoms with Crippen molar-refractivity contribution in [2.45, 2.75) is 32.0 Å². The second-order valence-electron chi connectivity index (χ2n) is 7.24. The van der Waals surface area contributed by atoms with E-state index in [0.717, 1.165) is 22.2 Å². The van der Waals surface area contributed by atoms with E-state index in [1.165, 1.54) is 17.3 Å². The molecule has 0 fully saturated rings. The second-order valence-corrected chi connectivity index (χ2v) is 8.23. The standard InChI is InChI=1S/C22H27N3O2S/c1-16(2)13-27-14-20(26)15-28-22-24-23-21(18-7-5-4-6-8-18)25(22)19-11-9-17(3)10-12-19/h4-12,16,20,26H,13-15H2,1-3H3. The maximum atomic E-state index is 10.2. The molecule has 2 aromatic carbocycles. The molecule has 1 aromatic heterocycles. The molecule has 0 bridgehead atoms. The zero-order chi connectivity index (χ0) is 19.9. The summed E-state index contributed by atoms with van der Waals surface area (Å²) in [5.41, 5.74) is 3.20. The van der Waals surface area contributed by atoms with Gasteiger partial charge >= 0.3 is 0 Å². The molecule has 1 heterocycles. The van der Waals surface area contributed by atoms with Crippen molar-refractivity contribution in [3.63, 3.8) is 0 Å². The first-order valence-corrected chi connectivity index (χ1v) is 10.5. The fraction of sp³-hybridized carbons (Fsp3) is 0.364. The summed E-state index contributed by atoms with van der Waals surface area (Å²) in [6.45, 7) is 7.23. The number of thioether (sulfide) groups is 1. The number of hydrogen-bond acceptors (Lipinski definition) is 5. The second kappa shape index (κ2) is 9.87. The Balaban J connectivity index is 1.81. The molecule has 6 heteroatoms. The van der Waals surface area contributed by atoms with Crippen LogP contribution >= 0.6 is 11.8 Å². The van der Waals surface area contributed by atoms with Gasteiger partial charge in [-0.1, -0.05) is 73.6 Å². The average molecular weight is 398 g/mol.